The van der Waals surface area contributed by atoms with Crippen molar-refractivity contribution in [3.63, 3.8) is 0 Å². The highest BCUT2D eigenvalue weighted by Crippen LogP contribution is 2.19. The summed E-state index contributed by atoms with van der Waals surface area (Å²) in [5.74, 6) is 0.241. The van der Waals surface area contributed by atoms with Gasteiger partial charge >= 0.3 is 6.18 Å². The molecule has 1 fully saturated rings. The van der Waals surface area contributed by atoms with Crippen LogP contribution in [-0.2, 0) is 4.79 Å². The molecule has 148 valence electrons. The number of likely N-dealkylation sites (tertiary alicyclic amines) is 1. The van der Waals surface area contributed by atoms with Crippen LogP contribution in [0.15, 0.2) is 4.99 Å². The van der Waals surface area contributed by atoms with Crippen molar-refractivity contribution < 1.29 is 18.0 Å². The van der Waals surface area contributed by atoms with Gasteiger partial charge < -0.3 is 16.0 Å². The standard InChI is InChI=1S/C15H28F3N5O.HI/c1-5-19-13(20-8-12(24)22-14(2,3)4)21-11-6-7-23(9-11)10-15(16,17)18;/h11H,5-10H2,1-4H3,(H,22,24)(H2,19,20,21);1H. The first-order chi connectivity index (χ1) is 11.0. The Morgan fingerprint density at radius 1 is 1.28 bits per heavy atom. The molecule has 1 unspecified atom stereocenters. The Labute approximate surface area is 164 Å². The zero-order chi connectivity index (χ0) is 18.4. The second-order valence-corrected chi connectivity index (χ2v) is 6.97. The van der Waals surface area contributed by atoms with Crippen LogP contribution in [0.3, 0.4) is 0 Å². The summed E-state index contributed by atoms with van der Waals surface area (Å²) in [5.41, 5.74) is -0.331. The van der Waals surface area contributed by atoms with Crippen molar-refractivity contribution in [3.8, 4) is 0 Å². The first-order valence-electron chi connectivity index (χ1n) is 8.13. The van der Waals surface area contributed by atoms with Crippen molar-refractivity contribution in [1.82, 2.24) is 20.9 Å². The normalized spacial score (nSPS) is 19.3. The molecule has 25 heavy (non-hydrogen) atoms. The number of nitrogens with one attached hydrogen (secondary N) is 3. The topological polar surface area (TPSA) is 68.8 Å². The summed E-state index contributed by atoms with van der Waals surface area (Å²) in [6, 6.07) is -0.115. The summed E-state index contributed by atoms with van der Waals surface area (Å²) < 4.78 is 37.3. The van der Waals surface area contributed by atoms with Gasteiger partial charge in [-0.15, -0.1) is 24.0 Å². The van der Waals surface area contributed by atoms with Gasteiger partial charge in [0.25, 0.3) is 0 Å². The van der Waals surface area contributed by atoms with Gasteiger partial charge in [0.15, 0.2) is 5.96 Å². The smallest absolute Gasteiger partial charge is 0.357 e. The van der Waals surface area contributed by atoms with E-state index >= 15 is 0 Å². The number of hydrogen-bond donors (Lipinski definition) is 3. The third kappa shape index (κ3) is 11.4. The van der Waals surface area contributed by atoms with Crippen LogP contribution in [0, 0.1) is 0 Å². The van der Waals surface area contributed by atoms with Crippen molar-refractivity contribution in [2.24, 2.45) is 4.99 Å². The molecule has 0 bridgehead atoms. The first kappa shape index (κ1) is 24.2. The molecule has 0 saturated carbocycles. The van der Waals surface area contributed by atoms with E-state index in [4.69, 9.17) is 0 Å². The average molecular weight is 479 g/mol. The Bertz CT molecular complexity index is 451. The fourth-order valence-corrected chi connectivity index (χ4v) is 2.47. The minimum Gasteiger partial charge on any atom is -0.357 e. The maximum absolute atomic E-state index is 12.4. The SMILES string of the molecule is CCNC(=NCC(=O)NC(C)(C)C)NC1CCN(CC(F)(F)F)C1.I. The van der Waals surface area contributed by atoms with E-state index in [0.717, 1.165) is 0 Å². The summed E-state index contributed by atoms with van der Waals surface area (Å²) in [6.07, 6.45) is -3.58. The molecule has 1 aliphatic rings. The number of amides is 1. The summed E-state index contributed by atoms with van der Waals surface area (Å²) >= 11 is 0. The number of nitrogens with zero attached hydrogens (tertiary/aromatic N) is 2. The number of carbonyl (C=O) groups is 1. The van der Waals surface area contributed by atoms with Gasteiger partial charge in [-0.05, 0) is 34.1 Å². The van der Waals surface area contributed by atoms with Crippen molar-refractivity contribution in [3.05, 3.63) is 0 Å². The molecule has 0 aromatic carbocycles. The number of guanidine groups is 1. The Balaban J connectivity index is 0.00000576. The van der Waals surface area contributed by atoms with Gasteiger partial charge in [-0.3, -0.25) is 9.69 Å². The molecule has 1 atom stereocenters. The van der Waals surface area contributed by atoms with Crippen molar-refractivity contribution in [2.45, 2.75) is 51.9 Å². The van der Waals surface area contributed by atoms with E-state index in [9.17, 15) is 18.0 Å². The molecule has 1 saturated heterocycles. The lowest BCUT2D eigenvalue weighted by Crippen LogP contribution is -2.46. The molecule has 3 N–H and O–H groups in total. The lowest BCUT2D eigenvalue weighted by molar-refractivity contribution is -0.143. The predicted octanol–water partition coefficient (Wildman–Crippen LogP) is 1.71. The Hall–Kier alpha value is -0.780. The van der Waals surface area contributed by atoms with Gasteiger partial charge in [0.2, 0.25) is 5.91 Å². The lowest BCUT2D eigenvalue weighted by atomic mass is 10.1. The van der Waals surface area contributed by atoms with Gasteiger partial charge in [0.1, 0.15) is 6.54 Å². The number of carbonyl (C=O) groups excluding carboxylic acids is 1. The average Bonchev–Trinajstić information content (AvgIpc) is 2.79. The quantitative estimate of drug-likeness (QED) is 0.319. The number of hydrogen-bond acceptors (Lipinski definition) is 3. The molecule has 0 aliphatic carbocycles. The lowest BCUT2D eigenvalue weighted by Gasteiger charge is -2.21. The van der Waals surface area contributed by atoms with Gasteiger partial charge in [0.05, 0.1) is 6.54 Å². The Morgan fingerprint density at radius 3 is 2.44 bits per heavy atom. The maximum Gasteiger partial charge on any atom is 0.401 e. The number of halogens is 4. The molecular weight excluding hydrogens is 450 g/mol. The van der Waals surface area contributed by atoms with E-state index in [1.54, 1.807) is 0 Å². The third-order valence-electron chi connectivity index (χ3n) is 3.26. The van der Waals surface area contributed by atoms with E-state index in [1.807, 2.05) is 27.7 Å². The maximum atomic E-state index is 12.4. The molecule has 1 heterocycles. The van der Waals surface area contributed by atoms with Gasteiger partial charge in [-0.25, -0.2) is 4.99 Å². The van der Waals surface area contributed by atoms with Crippen LogP contribution in [0.1, 0.15) is 34.1 Å². The van der Waals surface area contributed by atoms with Crippen molar-refractivity contribution in [1.29, 1.82) is 0 Å². The van der Waals surface area contributed by atoms with Crippen LogP contribution in [0.2, 0.25) is 0 Å². The molecule has 0 aromatic heterocycles. The van der Waals surface area contributed by atoms with E-state index in [1.165, 1.54) is 4.90 Å². The third-order valence-corrected chi connectivity index (χ3v) is 3.26. The van der Waals surface area contributed by atoms with Gasteiger partial charge in [0, 0.05) is 31.2 Å². The zero-order valence-corrected chi connectivity index (χ0v) is 17.5. The van der Waals surface area contributed by atoms with Crippen LogP contribution in [0.25, 0.3) is 0 Å². The van der Waals surface area contributed by atoms with E-state index in [0.29, 0.717) is 32.0 Å². The zero-order valence-electron chi connectivity index (χ0n) is 15.2. The fourth-order valence-electron chi connectivity index (χ4n) is 2.47. The van der Waals surface area contributed by atoms with Crippen LogP contribution >= 0.6 is 24.0 Å². The second-order valence-electron chi connectivity index (χ2n) is 6.97. The minimum absolute atomic E-state index is 0. The summed E-state index contributed by atoms with van der Waals surface area (Å²) in [4.78, 5) is 17.4. The van der Waals surface area contributed by atoms with Crippen LogP contribution in [-0.4, -0.2) is 67.2 Å². The summed E-state index contributed by atoms with van der Waals surface area (Å²) in [7, 11) is 0. The Morgan fingerprint density at radius 2 is 1.92 bits per heavy atom. The van der Waals surface area contributed by atoms with Gasteiger partial charge in [-0.2, -0.15) is 13.2 Å². The molecule has 0 radical (unpaired) electrons. The summed E-state index contributed by atoms with van der Waals surface area (Å²) in [5, 5.41) is 8.92. The molecule has 1 rings (SSSR count). The fraction of sp³-hybridized carbons (Fsp3) is 0.867. The molecule has 0 spiro atoms. The van der Waals surface area contributed by atoms with E-state index < -0.39 is 12.7 Å². The highest BCUT2D eigenvalue weighted by Gasteiger charge is 2.34. The molecule has 0 aromatic rings. The number of alkyl halides is 3. The monoisotopic (exact) mass is 479 g/mol. The molecule has 1 amide bonds. The van der Waals surface area contributed by atoms with Crippen LogP contribution in [0.5, 0.6) is 0 Å². The molecule has 10 heteroatoms. The van der Waals surface area contributed by atoms with E-state index in [-0.39, 0.29) is 48.0 Å². The molecule has 1 aliphatic heterocycles. The Kier molecular flexibility index (Phi) is 10.1. The predicted molar refractivity (Wildman–Crippen MR) is 103 cm³/mol. The van der Waals surface area contributed by atoms with Gasteiger partial charge in [-0.1, -0.05) is 0 Å². The highest BCUT2D eigenvalue weighted by atomic mass is 127. The summed E-state index contributed by atoms with van der Waals surface area (Å²) in [6.45, 7) is 7.89. The van der Waals surface area contributed by atoms with Crippen molar-refractivity contribution in [2.75, 3.05) is 32.7 Å². The number of rotatable bonds is 5. The molecular formula is C15H29F3IN5O. The van der Waals surface area contributed by atoms with Crippen LogP contribution < -0.4 is 16.0 Å². The first-order valence-corrected chi connectivity index (χ1v) is 8.13. The minimum atomic E-state index is -4.18. The second kappa shape index (κ2) is 10.4. The van der Waals surface area contributed by atoms with Crippen molar-refractivity contribution >= 4 is 35.8 Å². The molecule has 6 nitrogen and oxygen atoms in total. The highest BCUT2D eigenvalue weighted by molar-refractivity contribution is 14.0. The van der Waals surface area contributed by atoms with Crippen LogP contribution in [0.4, 0.5) is 13.2 Å². The number of aliphatic imine (C=N–C) groups is 1. The largest absolute Gasteiger partial charge is 0.401 e. The van der Waals surface area contributed by atoms with E-state index in [2.05, 4.69) is 20.9 Å².